The van der Waals surface area contributed by atoms with Gasteiger partial charge in [-0.05, 0) is 36.2 Å². The average molecular weight is 398 g/mol. The van der Waals surface area contributed by atoms with E-state index in [0.717, 1.165) is 6.42 Å². The summed E-state index contributed by atoms with van der Waals surface area (Å²) in [6.07, 6.45) is 1.81. The minimum atomic E-state index is -1.10. The Labute approximate surface area is 170 Å². The number of ether oxygens (including phenoxy) is 1. The maximum atomic E-state index is 12.9. The molecule has 0 aliphatic rings. The molecule has 2 aromatic carbocycles. The molecule has 0 spiro atoms. The zero-order valence-electron chi connectivity index (χ0n) is 16.6. The number of methoxy groups -OCH3 is 1. The summed E-state index contributed by atoms with van der Waals surface area (Å²) in [5.41, 5.74) is 0.923. The first-order valence-electron chi connectivity index (χ1n) is 9.49. The smallest absolute Gasteiger partial charge is 0.326 e. The summed E-state index contributed by atoms with van der Waals surface area (Å²) in [5, 5.41) is 14.7. The molecule has 2 rings (SSSR count). The van der Waals surface area contributed by atoms with Crippen LogP contribution in [-0.2, 0) is 9.59 Å². The van der Waals surface area contributed by atoms with Gasteiger partial charge in [-0.2, -0.15) is 0 Å². The van der Waals surface area contributed by atoms with E-state index in [1.165, 1.54) is 7.11 Å². The first-order chi connectivity index (χ1) is 14.0. The van der Waals surface area contributed by atoms with Crippen LogP contribution in [0.25, 0.3) is 0 Å². The highest BCUT2D eigenvalue weighted by atomic mass is 16.5. The molecule has 0 aromatic heterocycles. The highest BCUT2D eigenvalue weighted by Crippen LogP contribution is 2.16. The lowest BCUT2D eigenvalue weighted by atomic mass is 10.0. The molecule has 7 nitrogen and oxygen atoms in total. The van der Waals surface area contributed by atoms with Gasteiger partial charge in [-0.3, -0.25) is 9.59 Å². The Balaban J connectivity index is 2.21. The van der Waals surface area contributed by atoms with E-state index >= 15 is 0 Å². The van der Waals surface area contributed by atoms with Gasteiger partial charge in [-0.1, -0.05) is 50.1 Å². The second kappa shape index (κ2) is 10.8. The van der Waals surface area contributed by atoms with E-state index in [-0.39, 0.29) is 0 Å². The molecule has 2 aromatic rings. The van der Waals surface area contributed by atoms with Crippen molar-refractivity contribution in [3.05, 3.63) is 65.7 Å². The molecule has 0 aliphatic carbocycles. The molecule has 0 fully saturated rings. The molecule has 7 heteroatoms. The lowest BCUT2D eigenvalue weighted by Crippen LogP contribution is -2.47. The van der Waals surface area contributed by atoms with Crippen molar-refractivity contribution in [2.45, 2.75) is 38.3 Å². The number of carbonyl (C=O) groups is 3. The van der Waals surface area contributed by atoms with E-state index in [0.29, 0.717) is 29.7 Å². The molecule has 2 unspecified atom stereocenters. The SMILES string of the molecule is CCCCC(NC(=O)C(NC(=O)c1ccc(OC)cc1)c1ccccc1)C(=O)O. The summed E-state index contributed by atoms with van der Waals surface area (Å²) in [6.45, 7) is 1.95. The maximum absolute atomic E-state index is 12.9. The number of rotatable bonds is 10. The van der Waals surface area contributed by atoms with E-state index in [9.17, 15) is 19.5 Å². The highest BCUT2D eigenvalue weighted by Gasteiger charge is 2.27. The van der Waals surface area contributed by atoms with E-state index in [1.807, 2.05) is 6.92 Å². The molecule has 0 bridgehead atoms. The predicted octanol–water partition coefficient (Wildman–Crippen LogP) is 2.93. The lowest BCUT2D eigenvalue weighted by Gasteiger charge is -2.22. The molecular formula is C22H26N2O5. The fourth-order valence-corrected chi connectivity index (χ4v) is 2.82. The van der Waals surface area contributed by atoms with Crippen molar-refractivity contribution in [3.63, 3.8) is 0 Å². The molecule has 3 N–H and O–H groups in total. The van der Waals surface area contributed by atoms with Gasteiger partial charge in [0, 0.05) is 5.56 Å². The van der Waals surface area contributed by atoms with Crippen LogP contribution < -0.4 is 15.4 Å². The first kappa shape index (κ1) is 21.9. The monoisotopic (exact) mass is 398 g/mol. The van der Waals surface area contributed by atoms with Gasteiger partial charge in [0.25, 0.3) is 5.91 Å². The van der Waals surface area contributed by atoms with E-state index < -0.39 is 29.9 Å². The average Bonchev–Trinajstić information content (AvgIpc) is 2.75. The van der Waals surface area contributed by atoms with Crippen LogP contribution in [0.1, 0.15) is 48.1 Å². The summed E-state index contributed by atoms with van der Waals surface area (Å²) in [7, 11) is 1.53. The number of carboxylic acid groups (broad SMARTS) is 1. The van der Waals surface area contributed by atoms with Gasteiger partial charge in [0.05, 0.1) is 7.11 Å². The van der Waals surface area contributed by atoms with Gasteiger partial charge in [0.2, 0.25) is 5.91 Å². The minimum Gasteiger partial charge on any atom is -0.497 e. The van der Waals surface area contributed by atoms with Crippen molar-refractivity contribution in [1.29, 1.82) is 0 Å². The maximum Gasteiger partial charge on any atom is 0.326 e. The second-order valence-corrected chi connectivity index (χ2v) is 6.59. The second-order valence-electron chi connectivity index (χ2n) is 6.59. The Morgan fingerprint density at radius 1 is 1.00 bits per heavy atom. The Bertz CT molecular complexity index is 821. The van der Waals surface area contributed by atoms with Crippen LogP contribution in [-0.4, -0.2) is 36.0 Å². The predicted molar refractivity (Wildman–Crippen MR) is 109 cm³/mol. The van der Waals surface area contributed by atoms with Crippen molar-refractivity contribution in [3.8, 4) is 5.75 Å². The summed E-state index contributed by atoms with van der Waals surface area (Å²) in [4.78, 5) is 37.0. The number of benzene rings is 2. The Morgan fingerprint density at radius 3 is 2.21 bits per heavy atom. The van der Waals surface area contributed by atoms with Crippen molar-refractivity contribution in [2.75, 3.05) is 7.11 Å². The quantitative estimate of drug-likeness (QED) is 0.571. The Hall–Kier alpha value is -3.35. The fourth-order valence-electron chi connectivity index (χ4n) is 2.82. The van der Waals surface area contributed by atoms with Crippen LogP contribution in [0.2, 0.25) is 0 Å². The molecule has 2 amide bonds. The molecule has 0 aliphatic heterocycles. The number of carbonyl (C=O) groups excluding carboxylic acids is 2. The Kier molecular flexibility index (Phi) is 8.21. The number of nitrogens with one attached hydrogen (secondary N) is 2. The summed E-state index contributed by atoms with van der Waals surface area (Å²) in [5.74, 6) is -1.50. The molecule has 154 valence electrons. The van der Waals surface area contributed by atoms with Crippen molar-refractivity contribution >= 4 is 17.8 Å². The van der Waals surface area contributed by atoms with Crippen molar-refractivity contribution < 1.29 is 24.2 Å². The summed E-state index contributed by atoms with van der Waals surface area (Å²) < 4.78 is 5.08. The summed E-state index contributed by atoms with van der Waals surface area (Å²) in [6, 6.07) is 13.2. The molecule has 0 saturated carbocycles. The zero-order valence-corrected chi connectivity index (χ0v) is 16.6. The third-order valence-electron chi connectivity index (χ3n) is 4.48. The van der Waals surface area contributed by atoms with Crippen LogP contribution in [0.5, 0.6) is 5.75 Å². The summed E-state index contributed by atoms with van der Waals surface area (Å²) >= 11 is 0. The van der Waals surface area contributed by atoms with Crippen molar-refractivity contribution in [1.82, 2.24) is 10.6 Å². The highest BCUT2D eigenvalue weighted by molar-refractivity contribution is 5.98. The largest absolute Gasteiger partial charge is 0.497 e. The van der Waals surface area contributed by atoms with Gasteiger partial charge in [0.1, 0.15) is 17.8 Å². The van der Waals surface area contributed by atoms with Crippen LogP contribution in [0.4, 0.5) is 0 Å². The van der Waals surface area contributed by atoms with Gasteiger partial charge in [-0.15, -0.1) is 0 Å². The van der Waals surface area contributed by atoms with Crippen LogP contribution in [0, 0.1) is 0 Å². The number of hydrogen-bond donors (Lipinski definition) is 3. The minimum absolute atomic E-state index is 0.325. The first-order valence-corrected chi connectivity index (χ1v) is 9.49. The molecular weight excluding hydrogens is 372 g/mol. The fraction of sp³-hybridized carbons (Fsp3) is 0.318. The van der Waals surface area contributed by atoms with Gasteiger partial charge >= 0.3 is 5.97 Å². The molecule has 0 heterocycles. The zero-order chi connectivity index (χ0) is 21.2. The molecule has 0 radical (unpaired) electrons. The van der Waals surface area contributed by atoms with Crippen molar-refractivity contribution in [2.24, 2.45) is 0 Å². The number of amides is 2. The number of aliphatic carboxylic acids is 1. The number of hydrogen-bond acceptors (Lipinski definition) is 4. The van der Waals surface area contributed by atoms with Gasteiger partial charge in [-0.25, -0.2) is 4.79 Å². The van der Waals surface area contributed by atoms with Crippen LogP contribution in [0.15, 0.2) is 54.6 Å². The lowest BCUT2D eigenvalue weighted by molar-refractivity contribution is -0.142. The van der Waals surface area contributed by atoms with Gasteiger partial charge < -0.3 is 20.5 Å². The van der Waals surface area contributed by atoms with E-state index in [4.69, 9.17) is 4.74 Å². The third kappa shape index (κ3) is 6.34. The number of unbranched alkanes of at least 4 members (excludes halogenated alkanes) is 1. The third-order valence-corrected chi connectivity index (χ3v) is 4.48. The standard InChI is InChI=1S/C22H26N2O5/c1-3-4-10-18(22(27)28)23-21(26)19(15-8-6-5-7-9-15)24-20(25)16-11-13-17(29-2)14-12-16/h5-9,11-14,18-19H,3-4,10H2,1-2H3,(H,23,26)(H,24,25)(H,27,28). The van der Waals surface area contributed by atoms with E-state index in [1.54, 1.807) is 54.6 Å². The molecule has 2 atom stereocenters. The molecule has 0 saturated heterocycles. The number of carboxylic acids is 1. The topological polar surface area (TPSA) is 105 Å². The normalized spacial score (nSPS) is 12.5. The van der Waals surface area contributed by atoms with E-state index in [2.05, 4.69) is 10.6 Å². The molecule has 29 heavy (non-hydrogen) atoms. The Morgan fingerprint density at radius 2 is 1.66 bits per heavy atom. The van der Waals surface area contributed by atoms with Gasteiger partial charge in [0.15, 0.2) is 0 Å². The van der Waals surface area contributed by atoms with Crippen LogP contribution >= 0.6 is 0 Å². The van der Waals surface area contributed by atoms with Crippen LogP contribution in [0.3, 0.4) is 0 Å².